The number of fused-ring (bicyclic) bond motifs is 1. The zero-order chi connectivity index (χ0) is 13.4. The SMILES string of the molecule is Cc1ccc(C)c2c1C(=O)O/C2=C\c1ccccc1. The molecule has 19 heavy (non-hydrogen) atoms. The lowest BCUT2D eigenvalue weighted by Crippen LogP contribution is -1.97. The summed E-state index contributed by atoms with van der Waals surface area (Å²) in [4.78, 5) is 12.0. The zero-order valence-corrected chi connectivity index (χ0v) is 10.9. The van der Waals surface area contributed by atoms with Gasteiger partial charge in [-0.25, -0.2) is 4.79 Å². The Morgan fingerprint density at radius 3 is 2.21 bits per heavy atom. The number of carbonyl (C=O) groups excluding carboxylic acids is 1. The van der Waals surface area contributed by atoms with Crippen molar-refractivity contribution in [3.63, 3.8) is 0 Å². The lowest BCUT2D eigenvalue weighted by molar-refractivity contribution is 0.0716. The van der Waals surface area contributed by atoms with Gasteiger partial charge in [-0.3, -0.25) is 0 Å². The van der Waals surface area contributed by atoms with Gasteiger partial charge in [-0.15, -0.1) is 0 Å². The van der Waals surface area contributed by atoms with Gasteiger partial charge in [0.1, 0.15) is 5.76 Å². The minimum atomic E-state index is -0.251. The number of hydrogen-bond acceptors (Lipinski definition) is 2. The van der Waals surface area contributed by atoms with Crippen LogP contribution in [-0.2, 0) is 4.74 Å². The second-order valence-electron chi connectivity index (χ2n) is 4.76. The van der Waals surface area contributed by atoms with Crippen molar-refractivity contribution in [2.45, 2.75) is 13.8 Å². The molecule has 3 rings (SSSR count). The lowest BCUT2D eigenvalue weighted by atomic mass is 9.97. The molecule has 0 radical (unpaired) electrons. The van der Waals surface area contributed by atoms with Crippen LogP contribution in [0.2, 0.25) is 0 Å². The number of cyclic esters (lactones) is 1. The van der Waals surface area contributed by atoms with E-state index >= 15 is 0 Å². The molecule has 0 bridgehead atoms. The fourth-order valence-electron chi connectivity index (χ4n) is 2.40. The largest absolute Gasteiger partial charge is 0.422 e. The van der Waals surface area contributed by atoms with Crippen molar-refractivity contribution in [3.05, 3.63) is 70.3 Å². The maximum absolute atomic E-state index is 12.0. The van der Waals surface area contributed by atoms with Gasteiger partial charge < -0.3 is 4.74 Å². The van der Waals surface area contributed by atoms with Crippen LogP contribution in [0.5, 0.6) is 0 Å². The molecule has 2 aromatic carbocycles. The molecule has 0 atom stereocenters. The van der Waals surface area contributed by atoms with E-state index in [0.29, 0.717) is 11.3 Å². The average molecular weight is 250 g/mol. The summed E-state index contributed by atoms with van der Waals surface area (Å²) in [5, 5.41) is 0. The van der Waals surface area contributed by atoms with Crippen LogP contribution in [0.25, 0.3) is 11.8 Å². The van der Waals surface area contributed by atoms with E-state index in [1.54, 1.807) is 0 Å². The van der Waals surface area contributed by atoms with Gasteiger partial charge in [0.15, 0.2) is 0 Å². The van der Waals surface area contributed by atoms with Crippen molar-refractivity contribution in [2.75, 3.05) is 0 Å². The van der Waals surface area contributed by atoms with E-state index in [9.17, 15) is 4.79 Å². The minimum Gasteiger partial charge on any atom is -0.422 e. The van der Waals surface area contributed by atoms with Crippen molar-refractivity contribution in [1.29, 1.82) is 0 Å². The van der Waals surface area contributed by atoms with Gasteiger partial charge in [-0.2, -0.15) is 0 Å². The molecule has 1 aliphatic rings. The minimum absolute atomic E-state index is 0.251. The Balaban J connectivity index is 2.18. The number of rotatable bonds is 1. The van der Waals surface area contributed by atoms with E-state index in [2.05, 4.69) is 0 Å². The molecule has 0 fully saturated rings. The van der Waals surface area contributed by atoms with Crippen LogP contribution in [-0.4, -0.2) is 5.97 Å². The van der Waals surface area contributed by atoms with Crippen molar-refractivity contribution in [1.82, 2.24) is 0 Å². The molecule has 0 saturated carbocycles. The molecular weight excluding hydrogens is 236 g/mol. The third-order valence-corrected chi connectivity index (χ3v) is 3.37. The van der Waals surface area contributed by atoms with Crippen molar-refractivity contribution < 1.29 is 9.53 Å². The molecule has 1 heterocycles. The summed E-state index contributed by atoms with van der Waals surface area (Å²) in [5.74, 6) is 0.394. The Labute approximate surface area is 112 Å². The van der Waals surface area contributed by atoms with Gasteiger partial charge >= 0.3 is 5.97 Å². The van der Waals surface area contributed by atoms with Gasteiger partial charge in [0.05, 0.1) is 5.56 Å². The first kappa shape index (κ1) is 11.7. The van der Waals surface area contributed by atoms with Crippen LogP contribution in [0, 0.1) is 13.8 Å². The summed E-state index contributed by atoms with van der Waals surface area (Å²) in [6.45, 7) is 3.93. The van der Waals surface area contributed by atoms with E-state index in [1.807, 2.05) is 62.4 Å². The Morgan fingerprint density at radius 1 is 0.895 bits per heavy atom. The first-order chi connectivity index (χ1) is 9.16. The fraction of sp³-hybridized carbons (Fsp3) is 0.118. The molecule has 0 aromatic heterocycles. The molecule has 0 saturated heterocycles. The maximum Gasteiger partial charge on any atom is 0.344 e. The molecule has 0 unspecified atom stereocenters. The number of carbonyl (C=O) groups is 1. The average Bonchev–Trinajstić information content (AvgIpc) is 2.73. The molecule has 0 N–H and O–H groups in total. The van der Waals surface area contributed by atoms with Gasteiger partial charge in [0, 0.05) is 5.56 Å². The van der Waals surface area contributed by atoms with Gasteiger partial charge in [0.2, 0.25) is 0 Å². The number of esters is 1. The summed E-state index contributed by atoms with van der Waals surface area (Å²) in [7, 11) is 0. The van der Waals surface area contributed by atoms with Crippen LogP contribution in [0.3, 0.4) is 0 Å². The quantitative estimate of drug-likeness (QED) is 0.716. The molecule has 0 aliphatic carbocycles. The van der Waals surface area contributed by atoms with Crippen molar-refractivity contribution in [2.24, 2.45) is 0 Å². The topological polar surface area (TPSA) is 26.3 Å². The van der Waals surface area contributed by atoms with Crippen molar-refractivity contribution in [3.8, 4) is 0 Å². The molecule has 94 valence electrons. The molecule has 2 aromatic rings. The van der Waals surface area contributed by atoms with Crippen LogP contribution < -0.4 is 0 Å². The second-order valence-corrected chi connectivity index (χ2v) is 4.76. The molecule has 2 nitrogen and oxygen atoms in total. The Bertz CT molecular complexity index is 682. The molecule has 0 amide bonds. The summed E-state index contributed by atoms with van der Waals surface area (Å²) in [6, 6.07) is 13.9. The highest BCUT2D eigenvalue weighted by Crippen LogP contribution is 2.35. The van der Waals surface area contributed by atoms with Crippen LogP contribution in [0.1, 0.15) is 32.6 Å². The number of ether oxygens (including phenoxy) is 1. The summed E-state index contributed by atoms with van der Waals surface area (Å²) >= 11 is 0. The maximum atomic E-state index is 12.0. The standard InChI is InChI=1S/C17H14O2/c1-11-8-9-12(2)16-15(11)14(19-17(16)18)10-13-6-4-3-5-7-13/h3-10H,1-2H3/b14-10-. The lowest BCUT2D eigenvalue weighted by Gasteiger charge is -2.04. The predicted octanol–water partition coefficient (Wildman–Crippen LogP) is 3.97. The van der Waals surface area contributed by atoms with Gasteiger partial charge in [-0.1, -0.05) is 42.5 Å². The molecular formula is C17H14O2. The van der Waals surface area contributed by atoms with Crippen LogP contribution in [0.4, 0.5) is 0 Å². The molecule has 0 spiro atoms. The van der Waals surface area contributed by atoms with Crippen molar-refractivity contribution >= 4 is 17.8 Å². The second kappa shape index (κ2) is 4.39. The molecule has 2 heteroatoms. The van der Waals surface area contributed by atoms with E-state index in [0.717, 1.165) is 22.3 Å². The van der Waals surface area contributed by atoms with Gasteiger partial charge in [0.25, 0.3) is 0 Å². The highest BCUT2D eigenvalue weighted by atomic mass is 16.5. The first-order valence-corrected chi connectivity index (χ1v) is 6.26. The van der Waals surface area contributed by atoms with Crippen LogP contribution in [0.15, 0.2) is 42.5 Å². The highest BCUT2D eigenvalue weighted by molar-refractivity contribution is 6.07. The molecule has 1 aliphatic heterocycles. The Hall–Kier alpha value is -2.35. The zero-order valence-electron chi connectivity index (χ0n) is 10.9. The Kier molecular flexibility index (Phi) is 2.71. The van der Waals surface area contributed by atoms with Crippen LogP contribution >= 0.6 is 0 Å². The summed E-state index contributed by atoms with van der Waals surface area (Å²) in [5.41, 5.74) is 4.67. The first-order valence-electron chi connectivity index (χ1n) is 6.26. The van der Waals surface area contributed by atoms with Gasteiger partial charge in [-0.05, 0) is 36.6 Å². The number of benzene rings is 2. The predicted molar refractivity (Wildman–Crippen MR) is 75.6 cm³/mol. The smallest absolute Gasteiger partial charge is 0.344 e. The van der Waals surface area contributed by atoms with E-state index in [1.165, 1.54) is 0 Å². The Morgan fingerprint density at radius 2 is 1.53 bits per heavy atom. The van der Waals surface area contributed by atoms with E-state index < -0.39 is 0 Å². The summed E-state index contributed by atoms with van der Waals surface area (Å²) in [6.07, 6.45) is 1.91. The number of hydrogen-bond donors (Lipinski definition) is 0. The third-order valence-electron chi connectivity index (χ3n) is 3.37. The number of aryl methyl sites for hydroxylation is 2. The normalized spacial score (nSPS) is 15.5. The summed E-state index contributed by atoms with van der Waals surface area (Å²) < 4.78 is 5.42. The van der Waals surface area contributed by atoms with E-state index in [4.69, 9.17) is 4.74 Å². The third kappa shape index (κ3) is 1.95. The fourth-order valence-corrected chi connectivity index (χ4v) is 2.40. The monoisotopic (exact) mass is 250 g/mol. The van der Waals surface area contributed by atoms with E-state index in [-0.39, 0.29) is 5.97 Å². The highest BCUT2D eigenvalue weighted by Gasteiger charge is 2.29.